The fourth-order valence-electron chi connectivity index (χ4n) is 3.50. The number of hydrogen-bond acceptors (Lipinski definition) is 3. The van der Waals surface area contributed by atoms with Crippen LogP contribution in [0.25, 0.3) is 5.65 Å². The van der Waals surface area contributed by atoms with Gasteiger partial charge in [0.15, 0.2) is 5.82 Å². The summed E-state index contributed by atoms with van der Waals surface area (Å²) in [5.74, 6) is -0.414. The third kappa shape index (κ3) is 4.14. The molecule has 9 heteroatoms. The van der Waals surface area contributed by atoms with Gasteiger partial charge < -0.3 is 4.40 Å². The Hall–Kier alpha value is -2.78. The molecule has 4 rings (SSSR count). The third-order valence-corrected chi connectivity index (χ3v) is 7.49. The topological polar surface area (TPSA) is 54.7 Å². The van der Waals surface area contributed by atoms with Gasteiger partial charge in [-0.25, -0.2) is 26.5 Å². The molecule has 166 valence electrons. The van der Waals surface area contributed by atoms with E-state index >= 15 is 0 Å². The number of aryl methyl sites for hydroxylation is 2. The van der Waals surface area contributed by atoms with Crippen LogP contribution in [-0.4, -0.2) is 17.8 Å². The Morgan fingerprint density at radius 2 is 1.78 bits per heavy atom. The maximum atomic E-state index is 13.8. The highest BCUT2D eigenvalue weighted by molar-refractivity contribution is 9.10. The molecule has 0 unspecified atom stereocenters. The maximum absolute atomic E-state index is 13.8. The van der Waals surface area contributed by atoms with E-state index in [0.29, 0.717) is 16.9 Å². The van der Waals surface area contributed by atoms with Gasteiger partial charge in [0.1, 0.15) is 18.1 Å². The SMILES string of the molecule is Cc1ccn2c(C)c(N(Cc3ccc(F)c(CF)c3)S(=O)(=O)c3ccc(Br)cc3)nc2c1. The Labute approximate surface area is 193 Å². The number of aromatic nitrogens is 2. The summed E-state index contributed by atoms with van der Waals surface area (Å²) in [7, 11) is -4.03. The minimum atomic E-state index is -4.03. The molecule has 0 fully saturated rings. The monoisotopic (exact) mass is 519 g/mol. The normalized spacial score (nSPS) is 11.8. The molecule has 2 heterocycles. The average Bonchev–Trinajstić information content (AvgIpc) is 3.08. The number of nitrogens with zero attached hydrogens (tertiary/aromatic N) is 3. The van der Waals surface area contributed by atoms with Crippen LogP contribution in [0.1, 0.15) is 22.4 Å². The summed E-state index contributed by atoms with van der Waals surface area (Å²) in [6, 6.07) is 14.0. The van der Waals surface area contributed by atoms with Crippen molar-refractivity contribution >= 4 is 37.4 Å². The fraction of sp³-hybridized carbons (Fsp3) is 0.174. The molecule has 0 radical (unpaired) electrons. The number of hydrogen-bond donors (Lipinski definition) is 0. The molecule has 0 aliphatic rings. The summed E-state index contributed by atoms with van der Waals surface area (Å²) < 4.78 is 58.1. The predicted molar refractivity (Wildman–Crippen MR) is 123 cm³/mol. The first-order valence-electron chi connectivity index (χ1n) is 9.77. The lowest BCUT2D eigenvalue weighted by Gasteiger charge is -2.23. The number of fused-ring (bicyclic) bond motifs is 1. The van der Waals surface area contributed by atoms with Crippen LogP contribution in [0, 0.1) is 19.7 Å². The Kier molecular flexibility index (Phi) is 6.05. The molecule has 5 nitrogen and oxygen atoms in total. The molecule has 32 heavy (non-hydrogen) atoms. The van der Waals surface area contributed by atoms with Gasteiger partial charge in [-0.1, -0.05) is 22.0 Å². The Bertz CT molecular complexity index is 1400. The van der Waals surface area contributed by atoms with Crippen molar-refractivity contribution in [2.24, 2.45) is 0 Å². The molecule has 4 aromatic rings. The minimum Gasteiger partial charge on any atom is -0.302 e. The van der Waals surface area contributed by atoms with E-state index in [9.17, 15) is 17.2 Å². The summed E-state index contributed by atoms with van der Waals surface area (Å²) in [5, 5.41) is 0. The van der Waals surface area contributed by atoms with Crippen molar-refractivity contribution in [3.05, 3.63) is 93.5 Å². The van der Waals surface area contributed by atoms with Crippen LogP contribution in [0.3, 0.4) is 0 Å². The van der Waals surface area contributed by atoms with Gasteiger partial charge in [0, 0.05) is 16.2 Å². The number of alkyl halides is 1. The summed E-state index contributed by atoms with van der Waals surface area (Å²) in [6.07, 6.45) is 1.83. The number of sulfonamides is 1. The molecule has 0 atom stereocenters. The van der Waals surface area contributed by atoms with Gasteiger partial charge in [-0.15, -0.1) is 0 Å². The second-order valence-electron chi connectivity index (χ2n) is 7.48. The largest absolute Gasteiger partial charge is 0.302 e. The van der Waals surface area contributed by atoms with E-state index in [-0.39, 0.29) is 22.8 Å². The zero-order valence-electron chi connectivity index (χ0n) is 17.4. The maximum Gasteiger partial charge on any atom is 0.265 e. The van der Waals surface area contributed by atoms with Crippen molar-refractivity contribution < 1.29 is 17.2 Å². The van der Waals surface area contributed by atoms with E-state index in [1.54, 1.807) is 19.1 Å². The lowest BCUT2D eigenvalue weighted by molar-refractivity contribution is 0.463. The van der Waals surface area contributed by atoms with Crippen LogP contribution in [0.4, 0.5) is 14.6 Å². The van der Waals surface area contributed by atoms with Gasteiger partial charge in [0.2, 0.25) is 0 Å². The van der Waals surface area contributed by atoms with Crippen molar-refractivity contribution in [3.8, 4) is 0 Å². The minimum absolute atomic E-state index is 0.0844. The molecule has 0 bridgehead atoms. The molecule has 0 saturated carbocycles. The summed E-state index contributed by atoms with van der Waals surface area (Å²) in [5.41, 5.74) is 2.56. The van der Waals surface area contributed by atoms with Crippen molar-refractivity contribution in [3.63, 3.8) is 0 Å². The summed E-state index contributed by atoms with van der Waals surface area (Å²) >= 11 is 3.32. The molecule has 0 saturated heterocycles. The first-order valence-corrected chi connectivity index (χ1v) is 12.0. The number of benzene rings is 2. The van der Waals surface area contributed by atoms with E-state index in [0.717, 1.165) is 16.1 Å². The molecular weight excluding hydrogens is 500 g/mol. The van der Waals surface area contributed by atoms with Crippen molar-refractivity contribution in [1.29, 1.82) is 0 Å². The van der Waals surface area contributed by atoms with E-state index in [1.807, 2.05) is 29.7 Å². The molecule has 0 N–H and O–H groups in total. The van der Waals surface area contributed by atoms with Crippen molar-refractivity contribution in [1.82, 2.24) is 9.38 Å². The standard InChI is InChI=1S/C23H20BrF2N3O2S/c1-15-9-10-28-16(2)23(27-22(28)11-15)29(14-17-3-8-21(26)18(12-17)13-25)32(30,31)20-6-4-19(24)5-7-20/h3-12H,13-14H2,1-2H3. The van der Waals surface area contributed by atoms with E-state index in [1.165, 1.54) is 28.6 Å². The van der Waals surface area contributed by atoms with Crippen LogP contribution in [0.5, 0.6) is 0 Å². The van der Waals surface area contributed by atoms with Gasteiger partial charge in [-0.05, 0) is 73.5 Å². The first-order chi connectivity index (χ1) is 15.2. The van der Waals surface area contributed by atoms with Gasteiger partial charge >= 0.3 is 0 Å². The lowest BCUT2D eigenvalue weighted by Crippen LogP contribution is -2.31. The fourth-order valence-corrected chi connectivity index (χ4v) is 5.21. The zero-order chi connectivity index (χ0) is 23.0. The molecule has 2 aromatic carbocycles. The second-order valence-corrected chi connectivity index (χ2v) is 10.3. The summed E-state index contributed by atoms with van der Waals surface area (Å²) in [4.78, 5) is 4.68. The number of anilines is 1. The van der Waals surface area contributed by atoms with Gasteiger partial charge in [0.25, 0.3) is 10.0 Å². The quantitative estimate of drug-likeness (QED) is 0.327. The van der Waals surface area contributed by atoms with E-state index in [2.05, 4.69) is 20.9 Å². The highest BCUT2D eigenvalue weighted by atomic mass is 79.9. The van der Waals surface area contributed by atoms with Crippen LogP contribution in [0.2, 0.25) is 0 Å². The van der Waals surface area contributed by atoms with Crippen molar-refractivity contribution in [2.45, 2.75) is 32.0 Å². The Morgan fingerprint density at radius 1 is 1.06 bits per heavy atom. The van der Waals surface area contributed by atoms with E-state index in [4.69, 9.17) is 0 Å². The van der Waals surface area contributed by atoms with Crippen LogP contribution in [-0.2, 0) is 23.2 Å². The molecular formula is C23H20BrF2N3O2S. The number of rotatable bonds is 6. The van der Waals surface area contributed by atoms with Crippen LogP contribution in [0.15, 0.2) is 70.2 Å². The van der Waals surface area contributed by atoms with Gasteiger partial charge in [-0.3, -0.25) is 0 Å². The molecule has 0 spiro atoms. The highest BCUT2D eigenvalue weighted by Gasteiger charge is 2.29. The predicted octanol–water partition coefficient (Wildman–Crippen LogP) is 5.72. The Morgan fingerprint density at radius 3 is 2.47 bits per heavy atom. The van der Waals surface area contributed by atoms with Gasteiger partial charge in [0.05, 0.1) is 17.1 Å². The van der Waals surface area contributed by atoms with Crippen LogP contribution >= 0.6 is 15.9 Å². The molecule has 0 aliphatic heterocycles. The number of imidazole rings is 1. The molecule has 0 aliphatic carbocycles. The van der Waals surface area contributed by atoms with Gasteiger partial charge in [-0.2, -0.15) is 0 Å². The highest BCUT2D eigenvalue weighted by Crippen LogP contribution is 2.30. The zero-order valence-corrected chi connectivity index (χ0v) is 19.8. The molecule has 2 aromatic heterocycles. The lowest BCUT2D eigenvalue weighted by atomic mass is 10.1. The van der Waals surface area contributed by atoms with E-state index < -0.39 is 22.5 Å². The number of halogens is 3. The molecule has 0 amide bonds. The Balaban J connectivity index is 1.89. The van der Waals surface area contributed by atoms with Crippen LogP contribution < -0.4 is 4.31 Å². The first kappa shape index (κ1) is 22.4. The second kappa shape index (κ2) is 8.63. The third-order valence-electron chi connectivity index (χ3n) is 5.21. The van der Waals surface area contributed by atoms with Crippen molar-refractivity contribution in [2.75, 3.05) is 4.31 Å². The smallest absolute Gasteiger partial charge is 0.265 e. The average molecular weight is 520 g/mol. The number of pyridine rings is 1. The summed E-state index contributed by atoms with van der Waals surface area (Å²) in [6.45, 7) is 2.60.